The van der Waals surface area contributed by atoms with Gasteiger partial charge in [0.2, 0.25) is 5.91 Å². The number of hydrogen-bond donors (Lipinski definition) is 2. The summed E-state index contributed by atoms with van der Waals surface area (Å²) in [6, 6.07) is 10.7. The zero-order chi connectivity index (χ0) is 13.5. The quantitative estimate of drug-likeness (QED) is 0.854. The van der Waals surface area contributed by atoms with Crippen molar-refractivity contribution in [1.29, 1.82) is 0 Å². The van der Waals surface area contributed by atoms with Crippen molar-refractivity contribution < 1.29 is 4.79 Å². The number of piperidine rings is 1. The molecule has 0 radical (unpaired) electrons. The smallest absolute Gasteiger partial charge is 0.220 e. The van der Waals surface area contributed by atoms with Crippen LogP contribution in [0.5, 0.6) is 0 Å². The summed E-state index contributed by atoms with van der Waals surface area (Å²) >= 11 is 0. The van der Waals surface area contributed by atoms with E-state index in [0.717, 1.165) is 18.5 Å². The van der Waals surface area contributed by atoms with E-state index in [0.29, 0.717) is 12.5 Å². The maximum absolute atomic E-state index is 11.9. The summed E-state index contributed by atoms with van der Waals surface area (Å²) in [4.78, 5) is 11.9. The van der Waals surface area contributed by atoms with Crippen LogP contribution in [-0.4, -0.2) is 18.5 Å². The van der Waals surface area contributed by atoms with Crippen molar-refractivity contribution in [3.8, 4) is 0 Å². The monoisotopic (exact) mass is 260 g/mol. The fourth-order valence-electron chi connectivity index (χ4n) is 2.61. The number of hydrogen-bond acceptors (Lipinski definition) is 2. The molecule has 0 spiro atoms. The lowest BCUT2D eigenvalue weighted by molar-refractivity contribution is -0.122. The Hall–Kier alpha value is -1.35. The first-order chi connectivity index (χ1) is 9.25. The second-order valence-electron chi connectivity index (χ2n) is 5.39. The number of benzene rings is 1. The molecular weight excluding hydrogens is 236 g/mol. The Morgan fingerprint density at radius 3 is 2.84 bits per heavy atom. The average molecular weight is 260 g/mol. The Morgan fingerprint density at radius 1 is 1.37 bits per heavy atom. The summed E-state index contributed by atoms with van der Waals surface area (Å²) in [6.45, 7) is 3.14. The van der Waals surface area contributed by atoms with Crippen LogP contribution in [0, 0.1) is 0 Å². The van der Waals surface area contributed by atoms with Crippen molar-refractivity contribution in [2.24, 2.45) is 0 Å². The van der Waals surface area contributed by atoms with Gasteiger partial charge in [0.25, 0.3) is 0 Å². The fourth-order valence-corrected chi connectivity index (χ4v) is 2.61. The molecule has 104 valence electrons. The van der Waals surface area contributed by atoms with Crippen molar-refractivity contribution in [2.45, 2.75) is 51.1 Å². The van der Waals surface area contributed by atoms with Gasteiger partial charge in [-0.2, -0.15) is 0 Å². The third-order valence-corrected chi connectivity index (χ3v) is 3.81. The van der Waals surface area contributed by atoms with Crippen LogP contribution in [0.1, 0.15) is 50.6 Å². The van der Waals surface area contributed by atoms with E-state index in [1.807, 2.05) is 37.3 Å². The summed E-state index contributed by atoms with van der Waals surface area (Å²) < 4.78 is 0. The van der Waals surface area contributed by atoms with Crippen LogP contribution in [0.15, 0.2) is 30.3 Å². The minimum atomic E-state index is 0.0908. The summed E-state index contributed by atoms with van der Waals surface area (Å²) in [5.41, 5.74) is 1.16. The van der Waals surface area contributed by atoms with E-state index in [2.05, 4.69) is 10.6 Å². The Kier molecular flexibility index (Phi) is 5.40. The molecule has 3 nitrogen and oxygen atoms in total. The molecule has 1 aliphatic rings. The molecule has 2 N–H and O–H groups in total. The zero-order valence-corrected chi connectivity index (χ0v) is 11.7. The van der Waals surface area contributed by atoms with Crippen LogP contribution in [0.25, 0.3) is 0 Å². The molecule has 1 unspecified atom stereocenters. The Labute approximate surface area is 115 Å². The third-order valence-electron chi connectivity index (χ3n) is 3.81. The van der Waals surface area contributed by atoms with Crippen molar-refractivity contribution in [1.82, 2.24) is 10.6 Å². The van der Waals surface area contributed by atoms with Crippen LogP contribution in [0.3, 0.4) is 0 Å². The predicted octanol–water partition coefficient (Wildman–Crippen LogP) is 2.79. The molecule has 1 saturated heterocycles. The fraction of sp³-hybridized carbons (Fsp3) is 0.562. The number of rotatable bonds is 5. The summed E-state index contributed by atoms with van der Waals surface area (Å²) in [5.74, 6) is 0.156. The third kappa shape index (κ3) is 4.67. The zero-order valence-electron chi connectivity index (χ0n) is 11.7. The molecule has 1 aliphatic heterocycles. The lowest BCUT2D eigenvalue weighted by Crippen LogP contribution is -2.35. The van der Waals surface area contributed by atoms with Gasteiger partial charge < -0.3 is 10.6 Å². The maximum Gasteiger partial charge on any atom is 0.220 e. The molecule has 1 heterocycles. The second-order valence-corrected chi connectivity index (χ2v) is 5.39. The second kappa shape index (κ2) is 7.29. The first kappa shape index (κ1) is 14.1. The van der Waals surface area contributed by atoms with Crippen LogP contribution in [-0.2, 0) is 4.79 Å². The molecule has 0 aliphatic carbocycles. The van der Waals surface area contributed by atoms with Gasteiger partial charge in [0.1, 0.15) is 0 Å². The van der Waals surface area contributed by atoms with E-state index in [1.165, 1.54) is 19.3 Å². The molecule has 2 rings (SSSR count). The van der Waals surface area contributed by atoms with E-state index < -0.39 is 0 Å². The number of amides is 1. The van der Waals surface area contributed by atoms with E-state index in [1.54, 1.807) is 0 Å². The highest BCUT2D eigenvalue weighted by Gasteiger charge is 2.15. The summed E-state index contributed by atoms with van der Waals surface area (Å²) in [5, 5.41) is 6.55. The van der Waals surface area contributed by atoms with Gasteiger partial charge in [-0.3, -0.25) is 4.79 Å². The molecule has 3 heteroatoms. The molecule has 0 saturated carbocycles. The lowest BCUT2D eigenvalue weighted by Gasteiger charge is -2.23. The molecule has 1 aromatic carbocycles. The molecule has 0 aromatic heterocycles. The first-order valence-electron chi connectivity index (χ1n) is 7.33. The van der Waals surface area contributed by atoms with Crippen LogP contribution in [0.2, 0.25) is 0 Å². The highest BCUT2D eigenvalue weighted by molar-refractivity contribution is 5.76. The van der Waals surface area contributed by atoms with Crippen molar-refractivity contribution in [3.05, 3.63) is 35.9 Å². The van der Waals surface area contributed by atoms with Gasteiger partial charge in [-0.05, 0) is 38.3 Å². The molecular formula is C16H24N2O. The lowest BCUT2D eigenvalue weighted by atomic mass is 10.0. The molecule has 1 amide bonds. The van der Waals surface area contributed by atoms with Crippen molar-refractivity contribution >= 4 is 5.91 Å². The van der Waals surface area contributed by atoms with Crippen LogP contribution in [0.4, 0.5) is 0 Å². The van der Waals surface area contributed by atoms with Crippen LogP contribution >= 0.6 is 0 Å². The average Bonchev–Trinajstić information content (AvgIpc) is 2.47. The standard InChI is InChI=1S/C16H24N2O/c1-13(14-7-3-2-4-8-14)18-16(19)11-10-15-9-5-6-12-17-15/h2-4,7-8,13,15,17H,5-6,9-12H2,1H3,(H,18,19)/t13-,15?/m0/s1. The molecule has 2 atom stereocenters. The van der Waals surface area contributed by atoms with E-state index >= 15 is 0 Å². The number of carbonyl (C=O) groups is 1. The van der Waals surface area contributed by atoms with Gasteiger partial charge in [0.15, 0.2) is 0 Å². The summed E-state index contributed by atoms with van der Waals surface area (Å²) in [7, 11) is 0. The predicted molar refractivity (Wildman–Crippen MR) is 77.9 cm³/mol. The highest BCUT2D eigenvalue weighted by Crippen LogP contribution is 2.14. The van der Waals surface area contributed by atoms with Gasteiger partial charge in [0.05, 0.1) is 6.04 Å². The van der Waals surface area contributed by atoms with Crippen molar-refractivity contribution in [3.63, 3.8) is 0 Å². The highest BCUT2D eigenvalue weighted by atomic mass is 16.1. The molecule has 1 fully saturated rings. The number of carbonyl (C=O) groups excluding carboxylic acids is 1. The SMILES string of the molecule is C[C@H](NC(=O)CCC1CCCCN1)c1ccccc1. The van der Waals surface area contributed by atoms with Gasteiger partial charge in [-0.25, -0.2) is 0 Å². The molecule has 1 aromatic rings. The topological polar surface area (TPSA) is 41.1 Å². The Morgan fingerprint density at radius 2 is 2.16 bits per heavy atom. The Balaban J connectivity index is 1.71. The Bertz CT molecular complexity index is 385. The molecule has 19 heavy (non-hydrogen) atoms. The van der Waals surface area contributed by atoms with Gasteiger partial charge in [0, 0.05) is 12.5 Å². The van der Waals surface area contributed by atoms with Gasteiger partial charge in [-0.15, -0.1) is 0 Å². The molecule has 0 bridgehead atoms. The minimum Gasteiger partial charge on any atom is -0.350 e. The summed E-state index contributed by atoms with van der Waals surface area (Å²) in [6.07, 6.45) is 5.34. The largest absolute Gasteiger partial charge is 0.350 e. The maximum atomic E-state index is 11.9. The van der Waals surface area contributed by atoms with Crippen molar-refractivity contribution in [2.75, 3.05) is 6.54 Å². The van der Waals surface area contributed by atoms with Gasteiger partial charge >= 0.3 is 0 Å². The first-order valence-corrected chi connectivity index (χ1v) is 7.33. The van der Waals surface area contributed by atoms with Gasteiger partial charge in [-0.1, -0.05) is 36.8 Å². The van der Waals surface area contributed by atoms with E-state index in [9.17, 15) is 4.79 Å². The normalized spacial score (nSPS) is 20.8. The van der Waals surface area contributed by atoms with E-state index in [-0.39, 0.29) is 11.9 Å². The number of nitrogens with one attached hydrogen (secondary N) is 2. The van der Waals surface area contributed by atoms with Crippen LogP contribution < -0.4 is 10.6 Å². The minimum absolute atomic E-state index is 0.0908. The van der Waals surface area contributed by atoms with E-state index in [4.69, 9.17) is 0 Å².